The van der Waals surface area contributed by atoms with Crippen LogP contribution in [0.4, 0.5) is 0 Å². The first-order valence-corrected chi connectivity index (χ1v) is 5.76. The van der Waals surface area contributed by atoms with Gasteiger partial charge in [-0.15, -0.1) is 0 Å². The van der Waals surface area contributed by atoms with Crippen LogP contribution in [0.1, 0.15) is 24.0 Å². The van der Waals surface area contributed by atoms with E-state index in [0.29, 0.717) is 6.54 Å². The molecule has 0 spiro atoms. The maximum Gasteiger partial charge on any atom is 0.240 e. The maximum atomic E-state index is 11.7. The Hall–Kier alpha value is -1.55. The van der Waals surface area contributed by atoms with Gasteiger partial charge in [0.05, 0.1) is 12.6 Å². The Bertz CT molecular complexity index is 439. The minimum absolute atomic E-state index is 0.0583. The van der Waals surface area contributed by atoms with Crippen molar-refractivity contribution in [1.82, 2.24) is 5.32 Å². The number of methoxy groups -OCH3 is 1. The SMILES string of the molecule is COc1cc(CNC(=O)C2(N)CC2)ccc1C. The van der Waals surface area contributed by atoms with E-state index in [9.17, 15) is 4.79 Å². The van der Waals surface area contributed by atoms with E-state index in [-0.39, 0.29) is 5.91 Å². The molecular weight excluding hydrogens is 216 g/mol. The molecule has 3 N–H and O–H groups in total. The molecule has 1 aromatic carbocycles. The molecule has 0 atom stereocenters. The van der Waals surface area contributed by atoms with Gasteiger partial charge in [0, 0.05) is 6.54 Å². The van der Waals surface area contributed by atoms with Crippen molar-refractivity contribution in [3.8, 4) is 5.75 Å². The lowest BCUT2D eigenvalue weighted by atomic mass is 10.1. The van der Waals surface area contributed by atoms with Crippen molar-refractivity contribution in [3.05, 3.63) is 29.3 Å². The summed E-state index contributed by atoms with van der Waals surface area (Å²) in [6.45, 7) is 2.48. The number of carbonyl (C=O) groups excluding carboxylic acids is 1. The fourth-order valence-corrected chi connectivity index (χ4v) is 1.69. The fourth-order valence-electron chi connectivity index (χ4n) is 1.69. The monoisotopic (exact) mass is 234 g/mol. The van der Waals surface area contributed by atoms with Crippen LogP contribution in [0.15, 0.2) is 18.2 Å². The molecule has 1 fully saturated rings. The highest BCUT2D eigenvalue weighted by Crippen LogP contribution is 2.32. The van der Waals surface area contributed by atoms with Crippen LogP contribution >= 0.6 is 0 Å². The molecule has 0 aliphatic heterocycles. The molecule has 1 aliphatic rings. The first-order chi connectivity index (χ1) is 8.05. The summed E-state index contributed by atoms with van der Waals surface area (Å²) >= 11 is 0. The molecule has 0 heterocycles. The number of aryl methyl sites for hydroxylation is 1. The van der Waals surface area contributed by atoms with Gasteiger partial charge >= 0.3 is 0 Å². The summed E-state index contributed by atoms with van der Waals surface area (Å²) in [7, 11) is 1.64. The van der Waals surface area contributed by atoms with E-state index in [4.69, 9.17) is 10.5 Å². The van der Waals surface area contributed by atoms with Gasteiger partial charge in [-0.2, -0.15) is 0 Å². The first kappa shape index (κ1) is 11.9. The molecule has 92 valence electrons. The Morgan fingerprint density at radius 1 is 1.53 bits per heavy atom. The molecule has 4 nitrogen and oxygen atoms in total. The molecule has 1 aromatic rings. The number of amides is 1. The molecule has 0 bridgehead atoms. The number of nitrogens with two attached hydrogens (primary N) is 1. The van der Waals surface area contributed by atoms with Gasteiger partial charge in [0.2, 0.25) is 5.91 Å². The molecule has 17 heavy (non-hydrogen) atoms. The molecule has 0 aromatic heterocycles. The van der Waals surface area contributed by atoms with E-state index >= 15 is 0 Å². The van der Waals surface area contributed by atoms with Crippen LogP contribution < -0.4 is 15.8 Å². The third-order valence-corrected chi connectivity index (χ3v) is 3.17. The van der Waals surface area contributed by atoms with Crippen LogP contribution in [0.5, 0.6) is 5.75 Å². The van der Waals surface area contributed by atoms with Crippen LogP contribution in [0.25, 0.3) is 0 Å². The van der Waals surface area contributed by atoms with E-state index in [1.54, 1.807) is 7.11 Å². The summed E-state index contributed by atoms with van der Waals surface area (Å²) in [5.74, 6) is 0.780. The van der Waals surface area contributed by atoms with Crippen molar-refractivity contribution >= 4 is 5.91 Å². The Morgan fingerprint density at radius 2 is 2.24 bits per heavy atom. The summed E-state index contributed by atoms with van der Waals surface area (Å²) < 4.78 is 5.23. The van der Waals surface area contributed by atoms with Crippen LogP contribution in [0, 0.1) is 6.92 Å². The molecule has 1 saturated carbocycles. The average molecular weight is 234 g/mol. The highest BCUT2D eigenvalue weighted by molar-refractivity contribution is 5.88. The minimum Gasteiger partial charge on any atom is -0.496 e. The maximum absolute atomic E-state index is 11.7. The van der Waals surface area contributed by atoms with Crippen molar-refractivity contribution in [3.63, 3.8) is 0 Å². The first-order valence-electron chi connectivity index (χ1n) is 5.76. The number of ether oxygens (including phenoxy) is 1. The van der Waals surface area contributed by atoms with Crippen molar-refractivity contribution in [2.45, 2.75) is 31.8 Å². The quantitative estimate of drug-likeness (QED) is 0.820. The molecule has 0 radical (unpaired) electrons. The third kappa shape index (κ3) is 2.58. The average Bonchev–Trinajstić information content (AvgIpc) is 3.07. The van der Waals surface area contributed by atoms with Gasteiger partial charge in [0.1, 0.15) is 5.75 Å². The van der Waals surface area contributed by atoms with Crippen molar-refractivity contribution < 1.29 is 9.53 Å². The Labute approximate surface area is 101 Å². The summed E-state index contributed by atoms with van der Waals surface area (Å²) in [6.07, 6.45) is 1.58. The molecule has 1 aliphatic carbocycles. The molecule has 1 amide bonds. The third-order valence-electron chi connectivity index (χ3n) is 3.17. The van der Waals surface area contributed by atoms with Crippen molar-refractivity contribution in [1.29, 1.82) is 0 Å². The minimum atomic E-state index is -0.602. The van der Waals surface area contributed by atoms with Gasteiger partial charge < -0.3 is 15.8 Å². The zero-order valence-corrected chi connectivity index (χ0v) is 10.2. The topological polar surface area (TPSA) is 64.3 Å². The molecular formula is C13H18N2O2. The summed E-state index contributed by atoms with van der Waals surface area (Å²) in [5.41, 5.74) is 7.30. The van der Waals surface area contributed by atoms with E-state index in [2.05, 4.69) is 5.32 Å². The number of hydrogen-bond acceptors (Lipinski definition) is 3. The number of nitrogens with one attached hydrogen (secondary N) is 1. The number of rotatable bonds is 4. The second-order valence-corrected chi connectivity index (χ2v) is 4.64. The zero-order valence-electron chi connectivity index (χ0n) is 10.2. The van der Waals surface area contributed by atoms with E-state index in [1.165, 1.54) is 0 Å². The largest absolute Gasteiger partial charge is 0.496 e. The molecule has 0 unspecified atom stereocenters. The molecule has 4 heteroatoms. The van der Waals surface area contributed by atoms with Crippen molar-refractivity contribution in [2.24, 2.45) is 5.73 Å². The van der Waals surface area contributed by atoms with Crippen LogP contribution in [0.2, 0.25) is 0 Å². The van der Waals surface area contributed by atoms with Crippen LogP contribution in [-0.4, -0.2) is 18.6 Å². The second kappa shape index (κ2) is 4.37. The van der Waals surface area contributed by atoms with E-state index in [1.807, 2.05) is 25.1 Å². The van der Waals surface area contributed by atoms with Crippen LogP contribution in [0.3, 0.4) is 0 Å². The Balaban J connectivity index is 1.97. The summed E-state index contributed by atoms with van der Waals surface area (Å²) in [6, 6.07) is 5.90. The van der Waals surface area contributed by atoms with Gasteiger partial charge in [0.25, 0.3) is 0 Å². The number of carbonyl (C=O) groups is 1. The zero-order chi connectivity index (χ0) is 12.5. The number of benzene rings is 1. The lowest BCUT2D eigenvalue weighted by molar-refractivity contribution is -0.123. The highest BCUT2D eigenvalue weighted by Gasteiger charge is 2.45. The normalized spacial score (nSPS) is 16.4. The second-order valence-electron chi connectivity index (χ2n) is 4.64. The predicted molar refractivity (Wildman–Crippen MR) is 65.7 cm³/mol. The van der Waals surface area contributed by atoms with Gasteiger partial charge in [-0.3, -0.25) is 4.79 Å². The van der Waals surface area contributed by atoms with E-state index < -0.39 is 5.54 Å². The molecule has 2 rings (SSSR count). The lowest BCUT2D eigenvalue weighted by Gasteiger charge is -2.11. The van der Waals surface area contributed by atoms with Crippen LogP contribution in [-0.2, 0) is 11.3 Å². The van der Waals surface area contributed by atoms with Gasteiger partial charge in [-0.25, -0.2) is 0 Å². The Kier molecular flexibility index (Phi) is 3.07. The van der Waals surface area contributed by atoms with Gasteiger partial charge in [-0.1, -0.05) is 12.1 Å². The van der Waals surface area contributed by atoms with Gasteiger partial charge in [0.15, 0.2) is 0 Å². The van der Waals surface area contributed by atoms with Crippen molar-refractivity contribution in [2.75, 3.05) is 7.11 Å². The van der Waals surface area contributed by atoms with E-state index in [0.717, 1.165) is 29.7 Å². The Morgan fingerprint density at radius 3 is 2.82 bits per heavy atom. The predicted octanol–water partition coefficient (Wildman–Crippen LogP) is 1.11. The fraction of sp³-hybridized carbons (Fsp3) is 0.462. The lowest BCUT2D eigenvalue weighted by Crippen LogP contribution is -2.42. The molecule has 0 saturated heterocycles. The number of hydrogen-bond donors (Lipinski definition) is 2. The summed E-state index contributed by atoms with van der Waals surface area (Å²) in [4.78, 5) is 11.7. The standard InChI is InChI=1S/C13H18N2O2/c1-9-3-4-10(7-11(9)17-2)8-15-12(16)13(14)5-6-13/h3-4,7H,5-6,8,14H2,1-2H3,(H,15,16). The summed E-state index contributed by atoms with van der Waals surface area (Å²) in [5, 5.41) is 2.85. The highest BCUT2D eigenvalue weighted by atomic mass is 16.5. The smallest absolute Gasteiger partial charge is 0.240 e. The van der Waals surface area contributed by atoms with Gasteiger partial charge in [-0.05, 0) is 37.0 Å².